The van der Waals surface area contributed by atoms with Gasteiger partial charge in [0, 0.05) is 16.5 Å². The lowest BCUT2D eigenvalue weighted by molar-refractivity contribution is -0.115. The van der Waals surface area contributed by atoms with E-state index in [9.17, 15) is 4.79 Å². The summed E-state index contributed by atoms with van der Waals surface area (Å²) in [6, 6.07) is 0. The topological polar surface area (TPSA) is 17.1 Å². The molecule has 2 heteroatoms. The summed E-state index contributed by atoms with van der Waals surface area (Å²) in [5.41, 5.74) is 1.05. The van der Waals surface area contributed by atoms with Crippen molar-refractivity contribution in [2.24, 2.45) is 0 Å². The molecule has 0 saturated carbocycles. The first-order valence-corrected chi connectivity index (χ1v) is 4.95. The molecule has 0 N–H and O–H groups in total. The minimum absolute atomic E-state index is 0.344. The largest absolute Gasteiger partial charge is 0.295 e. The smallest absolute Gasteiger partial charge is 0.159 e. The molecule has 1 nitrogen and oxygen atoms in total. The number of Topliss-reactive ketones (excluding diaryl/α,β-unsaturated/α-hetero) is 1. The number of rotatable bonds is 3. The van der Waals surface area contributed by atoms with E-state index in [-0.39, 0.29) is 0 Å². The maximum Gasteiger partial charge on any atom is 0.159 e. The number of hydrogen-bond acceptors (Lipinski definition) is 1. The van der Waals surface area contributed by atoms with Gasteiger partial charge in [-0.05, 0) is 25.7 Å². The summed E-state index contributed by atoms with van der Waals surface area (Å²) in [4.78, 5) is 11.4. The van der Waals surface area contributed by atoms with Crippen LogP contribution in [0.15, 0.2) is 10.1 Å². The zero-order valence-electron chi connectivity index (χ0n) is 6.82. The molecule has 0 aromatic carbocycles. The second kappa shape index (κ2) is 4.05. The van der Waals surface area contributed by atoms with Crippen LogP contribution in [0.2, 0.25) is 0 Å². The monoisotopic (exact) mass is 216 g/mol. The zero-order chi connectivity index (χ0) is 8.27. The molecular weight excluding hydrogens is 204 g/mol. The number of ketones is 1. The fraction of sp³-hybridized carbons (Fsp3) is 0.667. The van der Waals surface area contributed by atoms with Crippen LogP contribution in [-0.4, -0.2) is 5.78 Å². The van der Waals surface area contributed by atoms with E-state index >= 15 is 0 Å². The maximum absolute atomic E-state index is 11.4. The van der Waals surface area contributed by atoms with E-state index in [1.54, 1.807) is 0 Å². The lowest BCUT2D eigenvalue weighted by atomic mass is 10.1. The van der Waals surface area contributed by atoms with Crippen LogP contribution in [0.4, 0.5) is 0 Å². The van der Waals surface area contributed by atoms with Gasteiger partial charge in [-0.25, -0.2) is 0 Å². The van der Waals surface area contributed by atoms with Gasteiger partial charge in [0.15, 0.2) is 5.78 Å². The van der Waals surface area contributed by atoms with Crippen molar-refractivity contribution in [2.45, 2.75) is 39.0 Å². The van der Waals surface area contributed by atoms with E-state index in [0.717, 1.165) is 35.7 Å². The molecule has 1 aliphatic rings. The molecule has 0 aromatic heterocycles. The third-order valence-corrected chi connectivity index (χ3v) is 2.84. The molecule has 0 fully saturated rings. The first-order chi connectivity index (χ1) is 5.25. The Morgan fingerprint density at radius 3 is 2.73 bits per heavy atom. The van der Waals surface area contributed by atoms with Crippen molar-refractivity contribution >= 4 is 21.7 Å². The molecule has 0 spiro atoms. The van der Waals surface area contributed by atoms with Gasteiger partial charge < -0.3 is 0 Å². The average molecular weight is 217 g/mol. The van der Waals surface area contributed by atoms with E-state index in [1.807, 2.05) is 6.92 Å². The molecule has 1 rings (SSSR count). The Balaban J connectivity index is 2.59. The quantitative estimate of drug-likeness (QED) is 0.709. The summed E-state index contributed by atoms with van der Waals surface area (Å²) >= 11 is 3.43. The predicted octanol–water partition coefficient (Wildman–Crippen LogP) is 3.19. The molecule has 11 heavy (non-hydrogen) atoms. The van der Waals surface area contributed by atoms with E-state index in [1.165, 1.54) is 0 Å². The van der Waals surface area contributed by atoms with E-state index in [0.29, 0.717) is 12.2 Å². The third-order valence-electron chi connectivity index (χ3n) is 1.96. The minimum Gasteiger partial charge on any atom is -0.295 e. The van der Waals surface area contributed by atoms with Gasteiger partial charge in [-0.3, -0.25) is 4.79 Å². The Morgan fingerprint density at radius 1 is 1.55 bits per heavy atom. The van der Waals surface area contributed by atoms with Crippen LogP contribution < -0.4 is 0 Å². The van der Waals surface area contributed by atoms with Crippen LogP contribution in [0, 0.1) is 0 Å². The third kappa shape index (κ3) is 2.16. The number of halogens is 1. The van der Waals surface area contributed by atoms with Crippen LogP contribution in [-0.2, 0) is 4.79 Å². The highest BCUT2D eigenvalue weighted by molar-refractivity contribution is 9.11. The number of allylic oxidation sites excluding steroid dienone is 2. The van der Waals surface area contributed by atoms with E-state index in [2.05, 4.69) is 15.9 Å². The van der Waals surface area contributed by atoms with Gasteiger partial charge in [0.05, 0.1) is 0 Å². The van der Waals surface area contributed by atoms with E-state index < -0.39 is 0 Å². The van der Waals surface area contributed by atoms with Crippen molar-refractivity contribution in [3.8, 4) is 0 Å². The highest BCUT2D eigenvalue weighted by atomic mass is 79.9. The van der Waals surface area contributed by atoms with Gasteiger partial charge in [0.25, 0.3) is 0 Å². The molecule has 0 aromatic rings. The average Bonchev–Trinajstić information content (AvgIpc) is 2.36. The first kappa shape index (κ1) is 8.98. The molecule has 0 bridgehead atoms. The van der Waals surface area contributed by atoms with Crippen LogP contribution in [0.5, 0.6) is 0 Å². The Hall–Kier alpha value is -0.110. The Bertz CT molecular complexity index is 194. The summed E-state index contributed by atoms with van der Waals surface area (Å²) in [6.45, 7) is 2.04. The SMILES string of the molecule is CCCC(=O)C1=C(Br)CCC1. The zero-order valence-corrected chi connectivity index (χ0v) is 8.41. The summed E-state index contributed by atoms with van der Waals surface area (Å²) in [7, 11) is 0. The van der Waals surface area contributed by atoms with Crippen molar-refractivity contribution in [1.29, 1.82) is 0 Å². The highest BCUT2D eigenvalue weighted by Crippen LogP contribution is 2.31. The van der Waals surface area contributed by atoms with Gasteiger partial charge >= 0.3 is 0 Å². The van der Waals surface area contributed by atoms with Crippen LogP contribution in [0.1, 0.15) is 39.0 Å². The number of carbonyl (C=O) groups is 1. The normalized spacial score (nSPS) is 17.6. The van der Waals surface area contributed by atoms with Crippen molar-refractivity contribution in [3.05, 3.63) is 10.1 Å². The van der Waals surface area contributed by atoms with Gasteiger partial charge in [-0.15, -0.1) is 0 Å². The second-order valence-corrected chi connectivity index (χ2v) is 3.87. The van der Waals surface area contributed by atoms with Crippen molar-refractivity contribution < 1.29 is 4.79 Å². The summed E-state index contributed by atoms with van der Waals surface area (Å²) in [5, 5.41) is 0. The Kier molecular flexibility index (Phi) is 3.31. The summed E-state index contributed by atoms with van der Waals surface area (Å²) in [5.74, 6) is 0.344. The summed E-state index contributed by atoms with van der Waals surface area (Å²) < 4.78 is 1.15. The van der Waals surface area contributed by atoms with Crippen LogP contribution >= 0.6 is 15.9 Å². The molecular formula is C9H13BrO. The van der Waals surface area contributed by atoms with Crippen LogP contribution in [0.3, 0.4) is 0 Å². The minimum atomic E-state index is 0.344. The molecule has 0 atom stereocenters. The second-order valence-electron chi connectivity index (χ2n) is 2.91. The number of hydrogen-bond donors (Lipinski definition) is 0. The fourth-order valence-electron chi connectivity index (χ4n) is 1.38. The fourth-order valence-corrected chi connectivity index (χ4v) is 2.08. The van der Waals surface area contributed by atoms with Gasteiger partial charge in [0.2, 0.25) is 0 Å². The van der Waals surface area contributed by atoms with Gasteiger partial charge in [-0.2, -0.15) is 0 Å². The molecule has 0 radical (unpaired) electrons. The molecule has 0 aliphatic heterocycles. The van der Waals surface area contributed by atoms with Gasteiger partial charge in [0.1, 0.15) is 0 Å². The summed E-state index contributed by atoms with van der Waals surface area (Å²) in [6.07, 6.45) is 4.86. The van der Waals surface area contributed by atoms with Crippen molar-refractivity contribution in [2.75, 3.05) is 0 Å². The lowest BCUT2D eigenvalue weighted by Gasteiger charge is -1.98. The predicted molar refractivity (Wildman–Crippen MR) is 49.7 cm³/mol. The highest BCUT2D eigenvalue weighted by Gasteiger charge is 2.17. The van der Waals surface area contributed by atoms with Gasteiger partial charge in [-0.1, -0.05) is 22.9 Å². The van der Waals surface area contributed by atoms with Crippen LogP contribution in [0.25, 0.3) is 0 Å². The number of carbonyl (C=O) groups excluding carboxylic acids is 1. The standard InChI is InChI=1S/C9H13BrO/c1-2-4-9(11)7-5-3-6-8(7)10/h2-6H2,1H3. The molecule has 0 saturated heterocycles. The molecule has 1 aliphatic carbocycles. The maximum atomic E-state index is 11.4. The molecule has 0 amide bonds. The molecule has 0 unspecified atom stereocenters. The Labute approximate surface area is 76.0 Å². The molecule has 62 valence electrons. The van der Waals surface area contributed by atoms with E-state index in [4.69, 9.17) is 0 Å². The van der Waals surface area contributed by atoms with Crippen molar-refractivity contribution in [3.63, 3.8) is 0 Å². The lowest BCUT2D eigenvalue weighted by Crippen LogP contribution is -1.99. The first-order valence-electron chi connectivity index (χ1n) is 4.16. The Morgan fingerprint density at radius 2 is 2.27 bits per heavy atom. The molecule has 0 heterocycles. The van der Waals surface area contributed by atoms with Crippen molar-refractivity contribution in [1.82, 2.24) is 0 Å².